The number of hydrogen-bond acceptors (Lipinski definition) is 4. The Labute approximate surface area is 201 Å². The first-order valence-electron chi connectivity index (χ1n) is 8.28. The zero-order valence-corrected chi connectivity index (χ0v) is 20.4. The van der Waals surface area contributed by atoms with E-state index >= 15 is 0 Å². The lowest BCUT2D eigenvalue weighted by Gasteiger charge is -2.25. The van der Waals surface area contributed by atoms with Gasteiger partial charge in [-0.25, -0.2) is 9.36 Å². The average Bonchev–Trinajstić information content (AvgIpc) is 2.62. The van der Waals surface area contributed by atoms with Gasteiger partial charge in [-0.3, -0.25) is 4.79 Å². The van der Waals surface area contributed by atoms with Crippen LogP contribution in [0.25, 0.3) is 0 Å². The van der Waals surface area contributed by atoms with Crippen molar-refractivity contribution in [1.82, 2.24) is 5.32 Å². The summed E-state index contributed by atoms with van der Waals surface area (Å²) in [4.78, 5) is 24.3. The van der Waals surface area contributed by atoms with Crippen molar-refractivity contribution >= 4 is 46.7 Å². The number of aryl methyl sites for hydroxylation is 1. The standard InChI is InChI=1S/C19H19Cl3N2O4.HI/c1-19(2,23-18(26)12-4-6-24(3)7-5-12)11-28-17(25)10-27-16-9-14(21)13(20)8-15(16)22;/h4-9H,10-11H2,1-3H3;1H. The van der Waals surface area contributed by atoms with Crippen LogP contribution in [0.3, 0.4) is 0 Å². The van der Waals surface area contributed by atoms with Gasteiger partial charge in [0.05, 0.1) is 26.2 Å². The highest BCUT2D eigenvalue weighted by Gasteiger charge is 2.24. The molecule has 2 aromatic rings. The van der Waals surface area contributed by atoms with E-state index in [1.807, 2.05) is 11.6 Å². The van der Waals surface area contributed by atoms with Gasteiger partial charge < -0.3 is 38.8 Å². The van der Waals surface area contributed by atoms with Gasteiger partial charge >= 0.3 is 5.97 Å². The van der Waals surface area contributed by atoms with Crippen molar-refractivity contribution in [1.29, 1.82) is 0 Å². The number of halogens is 4. The highest BCUT2D eigenvalue weighted by atomic mass is 127. The number of rotatable bonds is 7. The highest BCUT2D eigenvalue weighted by Crippen LogP contribution is 2.33. The molecule has 6 nitrogen and oxygen atoms in total. The molecule has 0 radical (unpaired) electrons. The van der Waals surface area contributed by atoms with Crippen molar-refractivity contribution in [3.8, 4) is 5.75 Å². The van der Waals surface area contributed by atoms with E-state index in [1.54, 1.807) is 38.4 Å². The molecule has 0 aliphatic heterocycles. The fourth-order valence-corrected chi connectivity index (χ4v) is 2.71. The first kappa shape index (κ1) is 25.7. The monoisotopic (exact) mass is 572 g/mol. The predicted molar refractivity (Wildman–Crippen MR) is 107 cm³/mol. The molecule has 10 heteroatoms. The Bertz CT molecular complexity index is 877. The third-order valence-corrected chi connectivity index (χ3v) is 4.62. The van der Waals surface area contributed by atoms with Gasteiger partial charge in [-0.1, -0.05) is 34.8 Å². The Kier molecular flexibility index (Phi) is 9.94. The van der Waals surface area contributed by atoms with E-state index in [0.29, 0.717) is 5.56 Å². The molecule has 0 saturated heterocycles. The first-order chi connectivity index (χ1) is 13.1. The summed E-state index contributed by atoms with van der Waals surface area (Å²) in [6, 6.07) is 6.25. The van der Waals surface area contributed by atoms with Crippen LogP contribution in [0, 0.1) is 0 Å². The third kappa shape index (κ3) is 8.16. The van der Waals surface area contributed by atoms with Crippen molar-refractivity contribution in [3.05, 3.63) is 57.3 Å². The molecule has 0 fully saturated rings. The number of carbonyl (C=O) groups is 2. The molecule has 1 aromatic heterocycles. The third-order valence-electron chi connectivity index (χ3n) is 3.61. The van der Waals surface area contributed by atoms with E-state index in [4.69, 9.17) is 44.3 Å². The number of nitrogens with one attached hydrogen (secondary N) is 1. The summed E-state index contributed by atoms with van der Waals surface area (Å²) in [5.74, 6) is -0.658. The summed E-state index contributed by atoms with van der Waals surface area (Å²) >= 11 is 17.7. The van der Waals surface area contributed by atoms with Crippen LogP contribution in [0.4, 0.5) is 0 Å². The lowest BCUT2D eigenvalue weighted by atomic mass is 10.1. The molecule has 0 aliphatic carbocycles. The molecule has 1 aromatic carbocycles. The molecule has 0 spiro atoms. The van der Waals surface area contributed by atoms with Crippen molar-refractivity contribution < 1.29 is 47.6 Å². The number of hydrogen-bond donors (Lipinski definition) is 1. The predicted octanol–water partition coefficient (Wildman–Crippen LogP) is 0.606. The van der Waals surface area contributed by atoms with Gasteiger partial charge in [-0.05, 0) is 19.9 Å². The number of ether oxygens (including phenoxy) is 2. The number of esters is 1. The van der Waals surface area contributed by atoms with Gasteiger partial charge in [0.2, 0.25) is 0 Å². The van der Waals surface area contributed by atoms with Crippen molar-refractivity contribution in [2.75, 3.05) is 13.2 Å². The number of nitrogens with zero attached hydrogens (tertiary/aromatic N) is 1. The Hall–Kier alpha value is -1.29. The zero-order valence-electron chi connectivity index (χ0n) is 16.0. The fourth-order valence-electron chi connectivity index (χ4n) is 2.12. The van der Waals surface area contributed by atoms with E-state index in [-0.39, 0.29) is 63.9 Å². The van der Waals surface area contributed by atoms with Crippen molar-refractivity contribution in [2.24, 2.45) is 7.05 Å². The number of pyridine rings is 1. The molecular weight excluding hydrogens is 553 g/mol. The second-order valence-electron chi connectivity index (χ2n) is 6.74. The van der Waals surface area contributed by atoms with E-state index in [1.165, 1.54) is 12.1 Å². The molecule has 0 atom stereocenters. The minimum absolute atomic E-state index is 0. The molecular formula is C19H20Cl3IN2O4. The van der Waals surface area contributed by atoms with E-state index in [9.17, 15) is 9.59 Å². The molecule has 1 heterocycles. The van der Waals surface area contributed by atoms with Gasteiger partial charge in [0, 0.05) is 18.2 Å². The Morgan fingerprint density at radius 1 is 1.07 bits per heavy atom. The van der Waals surface area contributed by atoms with Gasteiger partial charge in [0.25, 0.3) is 5.91 Å². The summed E-state index contributed by atoms with van der Waals surface area (Å²) in [5.41, 5.74) is -0.262. The maximum Gasteiger partial charge on any atom is 0.344 e. The molecule has 0 saturated carbocycles. The Balaban J connectivity index is 0.00000420. The molecule has 0 aliphatic rings. The molecule has 158 valence electrons. The second-order valence-corrected chi connectivity index (χ2v) is 7.96. The van der Waals surface area contributed by atoms with Crippen molar-refractivity contribution in [2.45, 2.75) is 19.4 Å². The number of aromatic nitrogens is 1. The van der Waals surface area contributed by atoms with Crippen LogP contribution in [-0.4, -0.2) is 30.6 Å². The van der Waals surface area contributed by atoms with Gasteiger partial charge in [-0.15, -0.1) is 0 Å². The van der Waals surface area contributed by atoms with Crippen LogP contribution >= 0.6 is 34.8 Å². The molecule has 1 amide bonds. The summed E-state index contributed by atoms with van der Waals surface area (Å²) in [6.45, 7) is 3.10. The normalized spacial score (nSPS) is 10.7. The first-order valence-corrected chi connectivity index (χ1v) is 9.41. The summed E-state index contributed by atoms with van der Waals surface area (Å²) in [5, 5.41) is 3.59. The SMILES string of the molecule is C[n+]1ccc(C(=O)NC(C)(C)COC(=O)COc2cc(Cl)c(Cl)cc2Cl)cc1.[I-]. The number of carbonyl (C=O) groups excluding carboxylic acids is 2. The Morgan fingerprint density at radius 3 is 2.28 bits per heavy atom. The number of amides is 1. The van der Waals surface area contributed by atoms with Crippen molar-refractivity contribution in [3.63, 3.8) is 0 Å². The number of benzene rings is 1. The highest BCUT2D eigenvalue weighted by molar-refractivity contribution is 6.43. The summed E-state index contributed by atoms with van der Waals surface area (Å²) in [7, 11) is 1.86. The Morgan fingerprint density at radius 2 is 1.66 bits per heavy atom. The van der Waals surface area contributed by atoms with Crippen LogP contribution in [0.1, 0.15) is 24.2 Å². The summed E-state index contributed by atoms with van der Waals surface area (Å²) < 4.78 is 12.3. The minimum Gasteiger partial charge on any atom is -1.00 e. The maximum atomic E-state index is 12.3. The molecule has 0 bridgehead atoms. The van der Waals surface area contributed by atoms with Crippen LogP contribution < -0.4 is 38.6 Å². The minimum atomic E-state index is -0.772. The van der Waals surface area contributed by atoms with Crippen LogP contribution in [0.15, 0.2) is 36.7 Å². The largest absolute Gasteiger partial charge is 1.00 e. The van der Waals surface area contributed by atoms with Gasteiger partial charge in [0.15, 0.2) is 19.0 Å². The van der Waals surface area contributed by atoms with Crippen LogP contribution in [0.2, 0.25) is 15.1 Å². The molecule has 2 rings (SSSR count). The summed E-state index contributed by atoms with van der Waals surface area (Å²) in [6.07, 6.45) is 3.54. The quantitative estimate of drug-likeness (QED) is 0.228. The van der Waals surface area contributed by atoms with Gasteiger partial charge in [-0.2, -0.15) is 0 Å². The van der Waals surface area contributed by atoms with Gasteiger partial charge in [0.1, 0.15) is 19.4 Å². The van der Waals surface area contributed by atoms with Crippen LogP contribution in [0.5, 0.6) is 5.75 Å². The second kappa shape index (κ2) is 11.2. The van der Waals surface area contributed by atoms with E-state index in [0.717, 1.165) is 0 Å². The van der Waals surface area contributed by atoms with E-state index in [2.05, 4.69) is 5.32 Å². The molecule has 0 unspecified atom stereocenters. The van der Waals surface area contributed by atoms with E-state index < -0.39 is 11.5 Å². The van der Waals surface area contributed by atoms with Crippen LogP contribution in [-0.2, 0) is 16.6 Å². The molecule has 1 N–H and O–H groups in total. The lowest BCUT2D eigenvalue weighted by Crippen LogP contribution is -3.00. The average molecular weight is 574 g/mol. The fraction of sp³-hybridized carbons (Fsp3) is 0.316. The zero-order chi connectivity index (χ0) is 20.9. The lowest BCUT2D eigenvalue weighted by molar-refractivity contribution is -0.671. The molecule has 29 heavy (non-hydrogen) atoms. The smallest absolute Gasteiger partial charge is 0.344 e. The maximum absolute atomic E-state index is 12.3. The topological polar surface area (TPSA) is 68.5 Å².